The lowest BCUT2D eigenvalue weighted by atomic mass is 10.2. The standard InChI is InChI=1S/C15H29F3N4O/c1-3-19-14(20-8-5-4-6-10-23-2)21-13-7-9-22(11-13)12-15(16,17)18/h13H,3-12H2,1-2H3,(H2,19,20,21). The molecule has 1 saturated heterocycles. The molecule has 8 heteroatoms. The molecule has 1 aliphatic rings. The van der Waals surface area contributed by atoms with Gasteiger partial charge in [0.15, 0.2) is 5.96 Å². The number of hydrogen-bond donors (Lipinski definition) is 2. The molecule has 0 spiro atoms. The van der Waals surface area contributed by atoms with Crippen LogP contribution in [0.3, 0.4) is 0 Å². The lowest BCUT2D eigenvalue weighted by Gasteiger charge is -2.19. The average molecular weight is 338 g/mol. The van der Waals surface area contributed by atoms with Gasteiger partial charge in [0, 0.05) is 45.9 Å². The van der Waals surface area contributed by atoms with E-state index in [4.69, 9.17) is 4.74 Å². The van der Waals surface area contributed by atoms with Crippen LogP contribution >= 0.6 is 0 Å². The summed E-state index contributed by atoms with van der Waals surface area (Å²) < 4.78 is 42.2. The van der Waals surface area contributed by atoms with Crippen molar-refractivity contribution in [2.24, 2.45) is 4.99 Å². The summed E-state index contributed by atoms with van der Waals surface area (Å²) in [7, 11) is 1.69. The second kappa shape index (κ2) is 10.7. The first kappa shape index (κ1) is 20.0. The molecule has 136 valence electrons. The predicted molar refractivity (Wildman–Crippen MR) is 85.7 cm³/mol. The van der Waals surface area contributed by atoms with E-state index >= 15 is 0 Å². The molecule has 2 N–H and O–H groups in total. The maximum Gasteiger partial charge on any atom is 0.401 e. The zero-order valence-corrected chi connectivity index (χ0v) is 14.1. The van der Waals surface area contributed by atoms with Crippen molar-refractivity contribution in [2.75, 3.05) is 46.4 Å². The van der Waals surface area contributed by atoms with Crippen LogP contribution in [0.15, 0.2) is 4.99 Å². The number of hydrogen-bond acceptors (Lipinski definition) is 3. The van der Waals surface area contributed by atoms with Gasteiger partial charge in [-0.3, -0.25) is 9.89 Å². The van der Waals surface area contributed by atoms with Crippen molar-refractivity contribution < 1.29 is 17.9 Å². The molecule has 5 nitrogen and oxygen atoms in total. The smallest absolute Gasteiger partial charge is 0.385 e. The topological polar surface area (TPSA) is 48.9 Å². The van der Waals surface area contributed by atoms with Crippen LogP contribution < -0.4 is 10.6 Å². The number of nitrogens with one attached hydrogen (secondary N) is 2. The van der Waals surface area contributed by atoms with Crippen LogP contribution in [0.5, 0.6) is 0 Å². The molecule has 1 rings (SSSR count). The highest BCUT2D eigenvalue weighted by Gasteiger charge is 2.34. The van der Waals surface area contributed by atoms with Crippen LogP contribution in [0.4, 0.5) is 13.2 Å². The van der Waals surface area contributed by atoms with E-state index < -0.39 is 12.7 Å². The monoisotopic (exact) mass is 338 g/mol. The molecule has 0 aromatic carbocycles. The van der Waals surface area contributed by atoms with Gasteiger partial charge in [0.2, 0.25) is 0 Å². The number of guanidine groups is 1. The van der Waals surface area contributed by atoms with Gasteiger partial charge in [0.05, 0.1) is 6.54 Å². The van der Waals surface area contributed by atoms with Gasteiger partial charge in [0.1, 0.15) is 0 Å². The molecule has 0 aromatic heterocycles. The summed E-state index contributed by atoms with van der Waals surface area (Å²) in [6, 6.07) is 0.0173. The van der Waals surface area contributed by atoms with E-state index in [1.807, 2.05) is 6.92 Å². The normalized spacial score (nSPS) is 20.0. The van der Waals surface area contributed by atoms with E-state index in [1.165, 1.54) is 4.90 Å². The molecule has 1 heterocycles. The molecule has 1 unspecified atom stereocenters. The Labute approximate surface area is 136 Å². The first-order chi connectivity index (χ1) is 10.9. The molecule has 0 aliphatic carbocycles. The van der Waals surface area contributed by atoms with Gasteiger partial charge < -0.3 is 15.4 Å². The fourth-order valence-corrected chi connectivity index (χ4v) is 2.59. The zero-order chi connectivity index (χ0) is 17.1. The zero-order valence-electron chi connectivity index (χ0n) is 14.1. The molecule has 0 bridgehead atoms. The third-order valence-electron chi connectivity index (χ3n) is 3.64. The number of likely N-dealkylation sites (tertiary alicyclic amines) is 1. The van der Waals surface area contributed by atoms with E-state index in [-0.39, 0.29) is 6.04 Å². The van der Waals surface area contributed by atoms with Crippen LogP contribution in [0.2, 0.25) is 0 Å². The number of unbranched alkanes of at least 4 members (excludes halogenated alkanes) is 2. The molecule has 1 aliphatic heterocycles. The minimum Gasteiger partial charge on any atom is -0.385 e. The number of nitrogens with zero attached hydrogens (tertiary/aromatic N) is 2. The van der Waals surface area contributed by atoms with E-state index in [1.54, 1.807) is 7.11 Å². The number of halogens is 3. The molecule has 23 heavy (non-hydrogen) atoms. The largest absolute Gasteiger partial charge is 0.401 e. The Morgan fingerprint density at radius 3 is 2.74 bits per heavy atom. The van der Waals surface area contributed by atoms with Gasteiger partial charge in [0.25, 0.3) is 0 Å². The Morgan fingerprint density at radius 2 is 2.09 bits per heavy atom. The Balaban J connectivity index is 2.32. The highest BCUT2D eigenvalue weighted by molar-refractivity contribution is 5.80. The lowest BCUT2D eigenvalue weighted by Crippen LogP contribution is -2.45. The average Bonchev–Trinajstić information content (AvgIpc) is 2.87. The summed E-state index contributed by atoms with van der Waals surface area (Å²) in [5, 5.41) is 6.39. The first-order valence-electron chi connectivity index (χ1n) is 8.27. The molecule has 1 atom stereocenters. The van der Waals surface area contributed by atoms with Gasteiger partial charge in [-0.25, -0.2) is 0 Å². The molecule has 1 fully saturated rings. The van der Waals surface area contributed by atoms with Crippen molar-refractivity contribution in [1.29, 1.82) is 0 Å². The second-order valence-corrected chi connectivity index (χ2v) is 5.79. The molecular formula is C15H29F3N4O. The molecule has 0 amide bonds. The minimum atomic E-state index is -4.13. The van der Waals surface area contributed by atoms with Crippen molar-refractivity contribution in [3.8, 4) is 0 Å². The number of aliphatic imine (C=N–C) groups is 1. The van der Waals surface area contributed by atoms with Crippen molar-refractivity contribution in [1.82, 2.24) is 15.5 Å². The van der Waals surface area contributed by atoms with Crippen LogP contribution in [0.1, 0.15) is 32.6 Å². The SMILES string of the molecule is CCNC(=NCCCCCOC)NC1CCN(CC(F)(F)F)C1. The first-order valence-corrected chi connectivity index (χ1v) is 8.27. The minimum absolute atomic E-state index is 0.0173. The lowest BCUT2D eigenvalue weighted by molar-refractivity contribution is -0.143. The van der Waals surface area contributed by atoms with E-state index in [0.29, 0.717) is 32.0 Å². The second-order valence-electron chi connectivity index (χ2n) is 5.79. The Hall–Kier alpha value is -1.02. The number of ether oxygens (including phenoxy) is 1. The number of methoxy groups -OCH3 is 1. The molecule has 0 aromatic rings. The van der Waals surface area contributed by atoms with E-state index in [0.717, 1.165) is 32.4 Å². The predicted octanol–water partition coefficient (Wildman–Crippen LogP) is 1.99. The summed E-state index contributed by atoms with van der Waals surface area (Å²) >= 11 is 0. The summed E-state index contributed by atoms with van der Waals surface area (Å²) in [6.45, 7) is 4.20. The third-order valence-corrected chi connectivity index (χ3v) is 3.64. The van der Waals surface area contributed by atoms with Crippen molar-refractivity contribution in [3.63, 3.8) is 0 Å². The summed E-state index contributed by atoms with van der Waals surface area (Å²) in [6.07, 6.45) is -0.376. The molecular weight excluding hydrogens is 309 g/mol. The quantitative estimate of drug-likeness (QED) is 0.384. The van der Waals surface area contributed by atoms with Crippen molar-refractivity contribution >= 4 is 5.96 Å². The van der Waals surface area contributed by atoms with Gasteiger partial charge in [-0.2, -0.15) is 13.2 Å². The summed E-state index contributed by atoms with van der Waals surface area (Å²) in [4.78, 5) is 5.92. The third kappa shape index (κ3) is 9.65. The number of rotatable bonds is 9. The Kier molecular flexibility index (Phi) is 9.31. The highest BCUT2D eigenvalue weighted by atomic mass is 19.4. The maximum absolute atomic E-state index is 12.4. The van der Waals surface area contributed by atoms with Gasteiger partial charge >= 0.3 is 6.18 Å². The van der Waals surface area contributed by atoms with Gasteiger partial charge in [-0.05, 0) is 32.6 Å². The van der Waals surface area contributed by atoms with Crippen LogP contribution in [-0.4, -0.2) is 69.5 Å². The van der Waals surface area contributed by atoms with Gasteiger partial charge in [-0.15, -0.1) is 0 Å². The van der Waals surface area contributed by atoms with Gasteiger partial charge in [-0.1, -0.05) is 0 Å². The fraction of sp³-hybridized carbons (Fsp3) is 0.933. The highest BCUT2D eigenvalue weighted by Crippen LogP contribution is 2.19. The summed E-state index contributed by atoms with van der Waals surface area (Å²) in [5.74, 6) is 0.693. The molecule has 0 saturated carbocycles. The van der Waals surface area contributed by atoms with Crippen molar-refractivity contribution in [3.05, 3.63) is 0 Å². The van der Waals surface area contributed by atoms with Crippen LogP contribution in [-0.2, 0) is 4.74 Å². The maximum atomic E-state index is 12.4. The van der Waals surface area contributed by atoms with Crippen molar-refractivity contribution in [2.45, 2.75) is 44.8 Å². The van der Waals surface area contributed by atoms with E-state index in [9.17, 15) is 13.2 Å². The van der Waals surface area contributed by atoms with E-state index in [2.05, 4.69) is 15.6 Å². The van der Waals surface area contributed by atoms with Crippen LogP contribution in [0, 0.1) is 0 Å². The number of alkyl halides is 3. The molecule has 0 radical (unpaired) electrons. The van der Waals surface area contributed by atoms with Crippen LogP contribution in [0.25, 0.3) is 0 Å². The Bertz CT molecular complexity index is 350. The Morgan fingerprint density at radius 1 is 1.30 bits per heavy atom. The fourth-order valence-electron chi connectivity index (χ4n) is 2.59. The summed E-state index contributed by atoms with van der Waals surface area (Å²) in [5.41, 5.74) is 0.